The molecule has 0 fully saturated rings. The van der Waals surface area contributed by atoms with Crippen LogP contribution in [0.2, 0.25) is 0 Å². The van der Waals surface area contributed by atoms with Crippen molar-refractivity contribution in [2.75, 3.05) is 0 Å². The van der Waals surface area contributed by atoms with E-state index in [1.54, 1.807) is 0 Å². The number of aliphatic hydroxyl groups excluding tert-OH is 1. The molecule has 0 amide bonds. The lowest BCUT2D eigenvalue weighted by molar-refractivity contribution is 0.198. The summed E-state index contributed by atoms with van der Waals surface area (Å²) in [5.41, 5.74) is 5.58. The normalized spacial score (nSPS) is 14.2. The van der Waals surface area contributed by atoms with Gasteiger partial charge >= 0.3 is 7.82 Å². The van der Waals surface area contributed by atoms with Crippen LogP contribution in [-0.2, 0) is 4.57 Å². The van der Waals surface area contributed by atoms with Crippen LogP contribution in [0.15, 0.2) is 12.2 Å². The van der Waals surface area contributed by atoms with Crippen molar-refractivity contribution in [2.24, 2.45) is 5.73 Å². The van der Waals surface area contributed by atoms with E-state index in [2.05, 4.69) is 13.0 Å². The number of nitrogens with two attached hydrogens (primary N) is 1. The number of hydrogen-bond acceptors (Lipinski definition) is 3. The molecule has 0 rings (SSSR count). The topological polar surface area (TPSA) is 124 Å². The minimum absolute atomic E-state index is 0.163. The molecule has 0 aliphatic rings. The zero-order chi connectivity index (χ0) is 19.6. The molecule has 0 aromatic rings. The van der Waals surface area contributed by atoms with Gasteiger partial charge in [-0.05, 0) is 19.8 Å². The Labute approximate surface area is 153 Å². The predicted molar refractivity (Wildman–Crippen MR) is 104 cm³/mol. The first-order chi connectivity index (χ1) is 11.7. The summed E-state index contributed by atoms with van der Waals surface area (Å²) < 4.78 is 8.88. The second kappa shape index (κ2) is 18.6. The Bertz CT molecular complexity index is 336. The zero-order valence-corrected chi connectivity index (χ0v) is 16.9. The van der Waals surface area contributed by atoms with Crippen molar-refractivity contribution in [3.8, 4) is 0 Å². The SMILES string of the molecule is CCCCCCCCCCCCCC=CC(O)C(C)N.O=P(O)(O)O. The summed E-state index contributed by atoms with van der Waals surface area (Å²) in [5, 5.41) is 9.49. The highest BCUT2D eigenvalue weighted by Gasteiger charge is 2.03. The van der Waals surface area contributed by atoms with Crippen molar-refractivity contribution in [3.05, 3.63) is 12.2 Å². The van der Waals surface area contributed by atoms with Crippen molar-refractivity contribution in [3.63, 3.8) is 0 Å². The van der Waals surface area contributed by atoms with E-state index in [-0.39, 0.29) is 6.04 Å². The fraction of sp³-hybridized carbons (Fsp3) is 0.889. The van der Waals surface area contributed by atoms with E-state index in [1.165, 1.54) is 70.6 Å². The van der Waals surface area contributed by atoms with Crippen LogP contribution in [-0.4, -0.2) is 31.9 Å². The first-order valence-corrected chi connectivity index (χ1v) is 11.1. The van der Waals surface area contributed by atoms with Gasteiger partial charge in [0.15, 0.2) is 0 Å². The molecule has 0 aromatic carbocycles. The molecule has 0 aliphatic heterocycles. The third-order valence-electron chi connectivity index (χ3n) is 3.85. The summed E-state index contributed by atoms with van der Waals surface area (Å²) in [5.74, 6) is 0. The van der Waals surface area contributed by atoms with Crippen molar-refractivity contribution in [2.45, 2.75) is 103 Å². The summed E-state index contributed by atoms with van der Waals surface area (Å²) in [6.07, 6.45) is 19.7. The molecule has 7 heteroatoms. The van der Waals surface area contributed by atoms with E-state index in [0.717, 1.165) is 6.42 Å². The Hall–Kier alpha value is -0.230. The van der Waals surface area contributed by atoms with Crippen LogP contribution in [0.3, 0.4) is 0 Å². The molecule has 25 heavy (non-hydrogen) atoms. The number of allylic oxidation sites excluding steroid dienone is 1. The highest BCUT2D eigenvalue weighted by molar-refractivity contribution is 7.45. The van der Waals surface area contributed by atoms with Gasteiger partial charge in [0.25, 0.3) is 0 Å². The van der Waals surface area contributed by atoms with Crippen LogP contribution in [0.1, 0.15) is 90.9 Å². The van der Waals surface area contributed by atoms with Crippen molar-refractivity contribution in [1.82, 2.24) is 0 Å². The van der Waals surface area contributed by atoms with E-state index >= 15 is 0 Å². The van der Waals surface area contributed by atoms with E-state index in [0.29, 0.717) is 0 Å². The largest absolute Gasteiger partial charge is 0.466 e. The predicted octanol–water partition coefficient (Wildman–Crippen LogP) is 4.02. The summed E-state index contributed by atoms with van der Waals surface area (Å²) in [6, 6.07) is -0.163. The Balaban J connectivity index is 0. The first kappa shape index (κ1) is 27.0. The Morgan fingerprint density at radius 2 is 1.24 bits per heavy atom. The molecule has 0 saturated carbocycles. The molecular weight excluding hydrogens is 341 g/mol. The van der Waals surface area contributed by atoms with Gasteiger partial charge in [0, 0.05) is 6.04 Å². The Morgan fingerprint density at radius 1 is 0.880 bits per heavy atom. The lowest BCUT2D eigenvalue weighted by Gasteiger charge is -2.08. The first-order valence-electron chi connectivity index (χ1n) is 9.57. The molecule has 2 unspecified atom stereocenters. The minimum Gasteiger partial charge on any atom is -0.387 e. The van der Waals surface area contributed by atoms with Crippen molar-refractivity contribution in [1.29, 1.82) is 0 Å². The molecule has 0 radical (unpaired) electrons. The summed E-state index contributed by atoms with van der Waals surface area (Å²) >= 11 is 0. The van der Waals surface area contributed by atoms with Gasteiger partial charge in [0.1, 0.15) is 0 Å². The Kier molecular flexibility index (Phi) is 20.0. The Morgan fingerprint density at radius 3 is 1.60 bits per heavy atom. The second-order valence-corrected chi connectivity index (χ2v) is 7.64. The summed E-state index contributed by atoms with van der Waals surface area (Å²) in [4.78, 5) is 21.6. The van der Waals surface area contributed by atoms with E-state index < -0.39 is 13.9 Å². The number of phosphoric acid groups is 1. The van der Waals surface area contributed by atoms with Gasteiger partial charge in [-0.25, -0.2) is 4.57 Å². The molecular formula is C18H40NO5P. The van der Waals surface area contributed by atoms with E-state index in [9.17, 15) is 5.11 Å². The molecule has 0 saturated heterocycles. The molecule has 0 bridgehead atoms. The minimum atomic E-state index is -4.64. The molecule has 6 N–H and O–H groups in total. The van der Waals surface area contributed by atoms with Crippen LogP contribution >= 0.6 is 7.82 Å². The number of unbranched alkanes of at least 4 members (excludes halogenated alkanes) is 11. The fourth-order valence-electron chi connectivity index (χ4n) is 2.34. The molecule has 152 valence electrons. The lowest BCUT2D eigenvalue weighted by atomic mass is 10.0. The van der Waals surface area contributed by atoms with Gasteiger partial charge in [0.05, 0.1) is 6.10 Å². The molecule has 0 aromatic heterocycles. The van der Waals surface area contributed by atoms with Gasteiger partial charge in [0.2, 0.25) is 0 Å². The monoisotopic (exact) mass is 381 g/mol. The molecule has 6 nitrogen and oxygen atoms in total. The molecule has 0 heterocycles. The van der Waals surface area contributed by atoms with Crippen LogP contribution in [0, 0.1) is 0 Å². The molecule has 2 atom stereocenters. The van der Waals surface area contributed by atoms with Gasteiger partial charge in [-0.15, -0.1) is 0 Å². The van der Waals surface area contributed by atoms with Gasteiger partial charge in [-0.3, -0.25) is 0 Å². The molecule has 0 aliphatic carbocycles. The molecule has 0 spiro atoms. The number of rotatable bonds is 14. The maximum Gasteiger partial charge on any atom is 0.466 e. The van der Waals surface area contributed by atoms with E-state index in [4.69, 9.17) is 25.0 Å². The van der Waals surface area contributed by atoms with Crippen LogP contribution in [0.4, 0.5) is 0 Å². The average molecular weight is 381 g/mol. The van der Waals surface area contributed by atoms with Crippen molar-refractivity contribution < 1.29 is 24.4 Å². The quantitative estimate of drug-likeness (QED) is 0.176. The highest BCUT2D eigenvalue weighted by Crippen LogP contribution is 2.25. The third-order valence-corrected chi connectivity index (χ3v) is 3.85. The smallest absolute Gasteiger partial charge is 0.387 e. The van der Waals surface area contributed by atoms with Gasteiger partial charge in [-0.2, -0.15) is 0 Å². The zero-order valence-electron chi connectivity index (χ0n) is 16.0. The standard InChI is InChI=1S/C18H37NO.H3O4P/c1-3-4-5-6-7-8-9-10-11-12-13-14-15-16-18(20)17(2)19;1-5(2,3)4/h15-18,20H,3-14,19H2,1-2H3;(H3,1,2,3,4). The maximum absolute atomic E-state index is 9.49. The summed E-state index contributed by atoms with van der Waals surface area (Å²) in [6.45, 7) is 4.10. The highest BCUT2D eigenvalue weighted by atomic mass is 31.2. The maximum atomic E-state index is 9.49. The fourth-order valence-corrected chi connectivity index (χ4v) is 2.34. The lowest BCUT2D eigenvalue weighted by Crippen LogP contribution is -2.29. The summed E-state index contributed by atoms with van der Waals surface area (Å²) in [7, 11) is -4.64. The van der Waals surface area contributed by atoms with Crippen LogP contribution < -0.4 is 5.73 Å². The van der Waals surface area contributed by atoms with Crippen LogP contribution in [0.5, 0.6) is 0 Å². The van der Waals surface area contributed by atoms with Gasteiger partial charge < -0.3 is 25.5 Å². The average Bonchev–Trinajstić information content (AvgIpc) is 2.50. The third kappa shape index (κ3) is 32.0. The van der Waals surface area contributed by atoms with Crippen LogP contribution in [0.25, 0.3) is 0 Å². The van der Waals surface area contributed by atoms with E-state index in [1.807, 2.05) is 13.0 Å². The second-order valence-electron chi connectivity index (χ2n) is 6.62. The number of hydrogen-bond donors (Lipinski definition) is 5. The van der Waals surface area contributed by atoms with Gasteiger partial charge in [-0.1, -0.05) is 83.3 Å². The van der Waals surface area contributed by atoms with Crippen molar-refractivity contribution >= 4 is 7.82 Å². The number of aliphatic hydroxyl groups is 1.